The van der Waals surface area contributed by atoms with Crippen molar-refractivity contribution in [3.8, 4) is 0 Å². The van der Waals surface area contributed by atoms with E-state index in [1.54, 1.807) is 19.9 Å². The van der Waals surface area contributed by atoms with Crippen LogP contribution >= 0.6 is 0 Å². The lowest BCUT2D eigenvalue weighted by Gasteiger charge is -2.21. The Morgan fingerprint density at radius 3 is 2.71 bits per heavy atom. The molecule has 2 amide bonds. The molecular weight excluding hydrogens is 222 g/mol. The van der Waals surface area contributed by atoms with Crippen LogP contribution in [0.2, 0.25) is 0 Å². The first-order valence-corrected chi connectivity index (χ1v) is 5.53. The van der Waals surface area contributed by atoms with Crippen molar-refractivity contribution < 1.29 is 14.1 Å². The zero-order chi connectivity index (χ0) is 12.8. The standard InChI is InChI=1S/C11H17N3O3/c1-4-14(11(16)8(2)3)7-10(15)12-9-5-6-17-13-9/h5-6,8H,4,7H2,1-3H3,(H,12,13,15). The summed E-state index contributed by atoms with van der Waals surface area (Å²) in [6.07, 6.45) is 1.37. The molecule has 1 rings (SSSR count). The van der Waals surface area contributed by atoms with E-state index in [9.17, 15) is 9.59 Å². The summed E-state index contributed by atoms with van der Waals surface area (Å²) in [6, 6.07) is 1.54. The highest BCUT2D eigenvalue weighted by molar-refractivity contribution is 5.93. The van der Waals surface area contributed by atoms with Crippen LogP contribution in [0.3, 0.4) is 0 Å². The summed E-state index contributed by atoms with van der Waals surface area (Å²) in [6.45, 7) is 5.98. The molecule has 6 nitrogen and oxygen atoms in total. The number of nitrogens with zero attached hydrogens (tertiary/aromatic N) is 2. The molecule has 0 saturated carbocycles. The number of carbonyl (C=O) groups is 2. The van der Waals surface area contributed by atoms with Gasteiger partial charge in [-0.05, 0) is 6.92 Å². The van der Waals surface area contributed by atoms with Gasteiger partial charge in [0.2, 0.25) is 11.8 Å². The summed E-state index contributed by atoms with van der Waals surface area (Å²) in [5, 5.41) is 6.10. The Kier molecular flexibility index (Phi) is 4.68. The van der Waals surface area contributed by atoms with Crippen molar-refractivity contribution in [3.63, 3.8) is 0 Å². The van der Waals surface area contributed by atoms with Gasteiger partial charge in [0.1, 0.15) is 6.26 Å². The summed E-state index contributed by atoms with van der Waals surface area (Å²) in [5.74, 6) is -0.0876. The average molecular weight is 239 g/mol. The Bertz CT molecular complexity index is 373. The Hall–Kier alpha value is -1.85. The lowest BCUT2D eigenvalue weighted by atomic mass is 10.2. The van der Waals surface area contributed by atoms with Crippen molar-refractivity contribution in [1.29, 1.82) is 0 Å². The van der Waals surface area contributed by atoms with Crippen LogP contribution < -0.4 is 5.32 Å². The van der Waals surface area contributed by atoms with Crippen LogP contribution in [0.5, 0.6) is 0 Å². The van der Waals surface area contributed by atoms with Gasteiger partial charge < -0.3 is 14.7 Å². The second-order valence-electron chi connectivity index (χ2n) is 3.94. The van der Waals surface area contributed by atoms with Gasteiger partial charge in [-0.1, -0.05) is 19.0 Å². The number of hydrogen-bond donors (Lipinski definition) is 1. The summed E-state index contributed by atoms with van der Waals surface area (Å²) in [4.78, 5) is 24.8. The van der Waals surface area contributed by atoms with Crippen LogP contribution in [0.15, 0.2) is 16.9 Å². The first-order chi connectivity index (χ1) is 8.04. The highest BCUT2D eigenvalue weighted by atomic mass is 16.5. The van der Waals surface area contributed by atoms with E-state index in [-0.39, 0.29) is 24.3 Å². The van der Waals surface area contributed by atoms with E-state index in [1.807, 2.05) is 6.92 Å². The van der Waals surface area contributed by atoms with E-state index in [0.717, 1.165) is 0 Å². The molecule has 6 heteroatoms. The third kappa shape index (κ3) is 3.90. The molecule has 1 heterocycles. The highest BCUT2D eigenvalue weighted by Gasteiger charge is 2.18. The predicted molar refractivity (Wildman–Crippen MR) is 62.2 cm³/mol. The molecule has 0 atom stereocenters. The number of rotatable bonds is 5. The molecule has 17 heavy (non-hydrogen) atoms. The molecule has 0 saturated heterocycles. The highest BCUT2D eigenvalue weighted by Crippen LogP contribution is 2.04. The molecule has 1 aromatic rings. The fourth-order valence-electron chi connectivity index (χ4n) is 1.34. The average Bonchev–Trinajstić information content (AvgIpc) is 2.77. The third-order valence-electron chi connectivity index (χ3n) is 2.23. The number of aromatic nitrogens is 1. The maximum Gasteiger partial charge on any atom is 0.245 e. The monoisotopic (exact) mass is 239 g/mol. The van der Waals surface area contributed by atoms with Crippen LogP contribution in [0.4, 0.5) is 5.82 Å². The van der Waals surface area contributed by atoms with Gasteiger partial charge in [-0.15, -0.1) is 0 Å². The predicted octanol–water partition coefficient (Wildman–Crippen LogP) is 1.12. The minimum Gasteiger partial charge on any atom is -0.363 e. The number of nitrogens with one attached hydrogen (secondary N) is 1. The fourth-order valence-corrected chi connectivity index (χ4v) is 1.34. The zero-order valence-corrected chi connectivity index (χ0v) is 10.3. The van der Waals surface area contributed by atoms with Crippen LogP contribution in [-0.2, 0) is 9.59 Å². The molecule has 0 aliphatic heterocycles. The maximum atomic E-state index is 11.7. The van der Waals surface area contributed by atoms with E-state index < -0.39 is 0 Å². The van der Waals surface area contributed by atoms with E-state index in [2.05, 4.69) is 15.0 Å². The molecule has 0 bridgehead atoms. The Morgan fingerprint density at radius 1 is 1.53 bits per heavy atom. The van der Waals surface area contributed by atoms with Gasteiger partial charge in [0.15, 0.2) is 5.82 Å². The molecule has 0 spiro atoms. The SMILES string of the molecule is CCN(CC(=O)Nc1ccon1)C(=O)C(C)C. The second-order valence-corrected chi connectivity index (χ2v) is 3.94. The molecule has 0 aliphatic carbocycles. The van der Waals surface area contributed by atoms with E-state index in [4.69, 9.17) is 0 Å². The van der Waals surface area contributed by atoms with E-state index in [1.165, 1.54) is 11.2 Å². The van der Waals surface area contributed by atoms with Crippen molar-refractivity contribution in [3.05, 3.63) is 12.3 Å². The number of hydrogen-bond acceptors (Lipinski definition) is 4. The smallest absolute Gasteiger partial charge is 0.245 e. The first-order valence-electron chi connectivity index (χ1n) is 5.53. The van der Waals surface area contributed by atoms with Gasteiger partial charge in [-0.3, -0.25) is 9.59 Å². The van der Waals surface area contributed by atoms with Gasteiger partial charge >= 0.3 is 0 Å². The van der Waals surface area contributed by atoms with Crippen molar-refractivity contribution in [2.24, 2.45) is 5.92 Å². The number of likely N-dealkylation sites (N-methyl/N-ethyl adjacent to an activating group) is 1. The Balaban J connectivity index is 2.51. The van der Waals surface area contributed by atoms with Gasteiger partial charge in [-0.2, -0.15) is 0 Å². The lowest BCUT2D eigenvalue weighted by Crippen LogP contribution is -2.40. The molecule has 0 radical (unpaired) electrons. The van der Waals surface area contributed by atoms with Crippen molar-refractivity contribution >= 4 is 17.6 Å². The van der Waals surface area contributed by atoms with Crippen LogP contribution in [0, 0.1) is 5.92 Å². The van der Waals surface area contributed by atoms with E-state index >= 15 is 0 Å². The minimum absolute atomic E-state index is 0.0281. The minimum atomic E-state index is -0.283. The van der Waals surface area contributed by atoms with Gasteiger partial charge in [0, 0.05) is 18.5 Å². The number of amides is 2. The number of anilines is 1. The Labute approximate surface area is 99.9 Å². The number of carbonyl (C=O) groups excluding carboxylic acids is 2. The third-order valence-corrected chi connectivity index (χ3v) is 2.23. The molecule has 94 valence electrons. The van der Waals surface area contributed by atoms with Crippen LogP contribution in [0.25, 0.3) is 0 Å². The van der Waals surface area contributed by atoms with Gasteiger partial charge in [0.05, 0.1) is 6.54 Å². The van der Waals surface area contributed by atoms with Gasteiger partial charge in [-0.25, -0.2) is 0 Å². The quantitative estimate of drug-likeness (QED) is 0.835. The molecule has 1 aromatic heterocycles. The topological polar surface area (TPSA) is 75.4 Å². The van der Waals surface area contributed by atoms with Crippen molar-refractivity contribution in [1.82, 2.24) is 10.1 Å². The lowest BCUT2D eigenvalue weighted by molar-refractivity contribution is -0.137. The summed E-state index contributed by atoms with van der Waals surface area (Å²) in [5.41, 5.74) is 0. The van der Waals surface area contributed by atoms with Crippen LogP contribution in [-0.4, -0.2) is 35.0 Å². The maximum absolute atomic E-state index is 11.7. The normalized spacial score (nSPS) is 10.4. The zero-order valence-electron chi connectivity index (χ0n) is 10.3. The molecule has 0 fully saturated rings. The van der Waals surface area contributed by atoms with Crippen LogP contribution in [0.1, 0.15) is 20.8 Å². The second kappa shape index (κ2) is 6.03. The van der Waals surface area contributed by atoms with Gasteiger partial charge in [0.25, 0.3) is 0 Å². The van der Waals surface area contributed by atoms with E-state index in [0.29, 0.717) is 12.4 Å². The largest absolute Gasteiger partial charge is 0.363 e. The summed E-state index contributed by atoms with van der Waals surface area (Å²) in [7, 11) is 0. The summed E-state index contributed by atoms with van der Waals surface area (Å²) >= 11 is 0. The Morgan fingerprint density at radius 2 is 2.24 bits per heavy atom. The molecule has 1 N–H and O–H groups in total. The molecule has 0 unspecified atom stereocenters. The molecule has 0 aromatic carbocycles. The summed E-state index contributed by atoms with van der Waals surface area (Å²) < 4.78 is 4.59. The molecular formula is C11H17N3O3. The molecule has 0 aliphatic rings. The van der Waals surface area contributed by atoms with Crippen molar-refractivity contribution in [2.45, 2.75) is 20.8 Å². The fraction of sp³-hybridized carbons (Fsp3) is 0.545. The first kappa shape index (κ1) is 13.2. The van der Waals surface area contributed by atoms with Crippen molar-refractivity contribution in [2.75, 3.05) is 18.4 Å².